The molecule has 1 aromatic heterocycles. The topological polar surface area (TPSA) is 29.9 Å². The summed E-state index contributed by atoms with van der Waals surface area (Å²) >= 11 is 0. The van der Waals surface area contributed by atoms with Gasteiger partial charge < -0.3 is 5.32 Å². The molecule has 0 aromatic carbocycles. The Morgan fingerprint density at radius 3 is 2.62 bits per heavy atom. The first-order valence-electron chi connectivity index (χ1n) is 6.14. The molecule has 1 heterocycles. The van der Waals surface area contributed by atoms with E-state index >= 15 is 0 Å². The zero-order valence-corrected chi connectivity index (χ0v) is 10.9. The van der Waals surface area contributed by atoms with Gasteiger partial charge in [-0.05, 0) is 39.0 Å². The second-order valence-electron chi connectivity index (χ2n) is 6.38. The SMILES string of the molecule is CC1(CNCc2cnn(C(C)(C)C)c2)CC1. The number of hydrogen-bond acceptors (Lipinski definition) is 2. The molecule has 0 saturated heterocycles. The Morgan fingerprint density at radius 2 is 2.12 bits per heavy atom. The van der Waals surface area contributed by atoms with E-state index in [0.29, 0.717) is 5.41 Å². The van der Waals surface area contributed by atoms with Crippen LogP contribution in [0.2, 0.25) is 0 Å². The first-order chi connectivity index (χ1) is 7.39. The molecule has 90 valence electrons. The second kappa shape index (κ2) is 3.88. The second-order valence-corrected chi connectivity index (χ2v) is 6.38. The van der Waals surface area contributed by atoms with Gasteiger partial charge in [-0.15, -0.1) is 0 Å². The van der Waals surface area contributed by atoms with Gasteiger partial charge in [0.05, 0.1) is 11.7 Å². The molecule has 0 bridgehead atoms. The molecule has 0 radical (unpaired) electrons. The number of rotatable bonds is 4. The lowest BCUT2D eigenvalue weighted by Gasteiger charge is -2.18. The van der Waals surface area contributed by atoms with Crippen molar-refractivity contribution in [3.8, 4) is 0 Å². The highest BCUT2D eigenvalue weighted by Crippen LogP contribution is 2.44. The van der Waals surface area contributed by atoms with E-state index in [2.05, 4.69) is 44.3 Å². The average Bonchev–Trinajstić information content (AvgIpc) is 2.73. The van der Waals surface area contributed by atoms with Crippen LogP contribution in [0, 0.1) is 5.41 Å². The van der Waals surface area contributed by atoms with E-state index in [9.17, 15) is 0 Å². The van der Waals surface area contributed by atoms with Gasteiger partial charge in [0.25, 0.3) is 0 Å². The monoisotopic (exact) mass is 221 g/mol. The highest BCUT2D eigenvalue weighted by atomic mass is 15.3. The first-order valence-corrected chi connectivity index (χ1v) is 6.14. The molecule has 0 unspecified atom stereocenters. The fraction of sp³-hybridized carbons (Fsp3) is 0.769. The maximum Gasteiger partial charge on any atom is 0.0543 e. The van der Waals surface area contributed by atoms with Crippen LogP contribution in [-0.4, -0.2) is 16.3 Å². The molecule has 1 fully saturated rings. The van der Waals surface area contributed by atoms with Crippen molar-refractivity contribution in [2.75, 3.05) is 6.54 Å². The van der Waals surface area contributed by atoms with E-state index in [-0.39, 0.29) is 5.54 Å². The van der Waals surface area contributed by atoms with Crippen molar-refractivity contribution in [2.45, 2.75) is 52.6 Å². The molecule has 0 aliphatic heterocycles. The van der Waals surface area contributed by atoms with E-state index in [0.717, 1.165) is 13.1 Å². The maximum absolute atomic E-state index is 4.39. The molecule has 1 aromatic rings. The van der Waals surface area contributed by atoms with E-state index in [1.165, 1.54) is 18.4 Å². The highest BCUT2D eigenvalue weighted by molar-refractivity contribution is 5.05. The van der Waals surface area contributed by atoms with Crippen molar-refractivity contribution in [2.24, 2.45) is 5.41 Å². The lowest BCUT2D eigenvalue weighted by molar-refractivity contribution is 0.355. The first kappa shape index (κ1) is 11.6. The Bertz CT molecular complexity index is 355. The van der Waals surface area contributed by atoms with Crippen LogP contribution in [0.25, 0.3) is 0 Å². The fourth-order valence-corrected chi connectivity index (χ4v) is 1.72. The quantitative estimate of drug-likeness (QED) is 0.846. The zero-order valence-electron chi connectivity index (χ0n) is 10.9. The Morgan fingerprint density at radius 1 is 1.44 bits per heavy atom. The molecule has 1 aliphatic rings. The summed E-state index contributed by atoms with van der Waals surface area (Å²) in [7, 11) is 0. The third kappa shape index (κ3) is 2.85. The summed E-state index contributed by atoms with van der Waals surface area (Å²) in [6, 6.07) is 0. The molecule has 2 rings (SSSR count). The van der Waals surface area contributed by atoms with Crippen molar-refractivity contribution < 1.29 is 0 Å². The molecular formula is C13H23N3. The molecule has 0 amide bonds. The van der Waals surface area contributed by atoms with Crippen LogP contribution in [0.3, 0.4) is 0 Å². The predicted octanol–water partition coefficient (Wildman–Crippen LogP) is 2.53. The average molecular weight is 221 g/mol. The van der Waals surface area contributed by atoms with Gasteiger partial charge in [-0.1, -0.05) is 6.92 Å². The number of aromatic nitrogens is 2. The highest BCUT2D eigenvalue weighted by Gasteiger charge is 2.36. The van der Waals surface area contributed by atoms with E-state index < -0.39 is 0 Å². The standard InChI is InChI=1S/C13H23N3/c1-12(2,3)16-9-11(8-15-16)7-14-10-13(4)5-6-13/h8-9,14H,5-7,10H2,1-4H3. The largest absolute Gasteiger partial charge is 0.312 e. The molecule has 16 heavy (non-hydrogen) atoms. The minimum atomic E-state index is 0.0840. The minimum Gasteiger partial charge on any atom is -0.312 e. The Hall–Kier alpha value is -0.830. The smallest absolute Gasteiger partial charge is 0.0543 e. The molecule has 1 saturated carbocycles. The summed E-state index contributed by atoms with van der Waals surface area (Å²) in [4.78, 5) is 0. The summed E-state index contributed by atoms with van der Waals surface area (Å²) in [5.41, 5.74) is 1.94. The third-order valence-electron chi connectivity index (χ3n) is 3.31. The third-order valence-corrected chi connectivity index (χ3v) is 3.31. The molecule has 0 atom stereocenters. The van der Waals surface area contributed by atoms with E-state index in [4.69, 9.17) is 0 Å². The Labute approximate surface area is 98.2 Å². The van der Waals surface area contributed by atoms with Crippen LogP contribution in [0.5, 0.6) is 0 Å². The summed E-state index contributed by atoms with van der Waals surface area (Å²) in [6.07, 6.45) is 6.86. The van der Waals surface area contributed by atoms with Crippen molar-refractivity contribution in [3.05, 3.63) is 18.0 Å². The van der Waals surface area contributed by atoms with Gasteiger partial charge in [0.15, 0.2) is 0 Å². The Kier molecular flexibility index (Phi) is 2.82. The van der Waals surface area contributed by atoms with Crippen molar-refractivity contribution in [1.29, 1.82) is 0 Å². The number of nitrogens with zero attached hydrogens (tertiary/aromatic N) is 2. The van der Waals surface area contributed by atoms with Crippen molar-refractivity contribution in [3.63, 3.8) is 0 Å². The molecule has 1 aliphatic carbocycles. The van der Waals surface area contributed by atoms with Gasteiger partial charge >= 0.3 is 0 Å². The van der Waals surface area contributed by atoms with Crippen molar-refractivity contribution >= 4 is 0 Å². The fourth-order valence-electron chi connectivity index (χ4n) is 1.72. The van der Waals surface area contributed by atoms with Crippen LogP contribution in [0.15, 0.2) is 12.4 Å². The lowest BCUT2D eigenvalue weighted by Crippen LogP contribution is -2.23. The molecule has 0 spiro atoms. The number of nitrogens with one attached hydrogen (secondary N) is 1. The summed E-state index contributed by atoms with van der Waals surface area (Å²) < 4.78 is 2.03. The Balaban J connectivity index is 1.83. The van der Waals surface area contributed by atoms with Gasteiger partial charge in [0.2, 0.25) is 0 Å². The van der Waals surface area contributed by atoms with Gasteiger partial charge in [0, 0.05) is 24.8 Å². The molecular weight excluding hydrogens is 198 g/mol. The van der Waals surface area contributed by atoms with Gasteiger partial charge in [-0.25, -0.2) is 0 Å². The van der Waals surface area contributed by atoms with Crippen LogP contribution >= 0.6 is 0 Å². The summed E-state index contributed by atoms with van der Waals surface area (Å²) in [5.74, 6) is 0. The van der Waals surface area contributed by atoms with Crippen LogP contribution in [0.4, 0.5) is 0 Å². The van der Waals surface area contributed by atoms with Crippen LogP contribution in [-0.2, 0) is 12.1 Å². The van der Waals surface area contributed by atoms with Gasteiger partial charge in [0.1, 0.15) is 0 Å². The summed E-state index contributed by atoms with van der Waals surface area (Å²) in [6.45, 7) is 10.9. The van der Waals surface area contributed by atoms with E-state index in [1.54, 1.807) is 0 Å². The van der Waals surface area contributed by atoms with Crippen LogP contribution < -0.4 is 5.32 Å². The molecule has 1 N–H and O–H groups in total. The van der Waals surface area contributed by atoms with E-state index in [1.807, 2.05) is 10.9 Å². The lowest BCUT2D eigenvalue weighted by atomic mass is 10.1. The van der Waals surface area contributed by atoms with Crippen LogP contribution in [0.1, 0.15) is 46.1 Å². The van der Waals surface area contributed by atoms with Crippen molar-refractivity contribution in [1.82, 2.24) is 15.1 Å². The number of hydrogen-bond donors (Lipinski definition) is 1. The molecule has 3 nitrogen and oxygen atoms in total. The zero-order chi connectivity index (χ0) is 11.8. The molecule has 3 heteroatoms. The van der Waals surface area contributed by atoms with Gasteiger partial charge in [-0.2, -0.15) is 5.10 Å². The normalized spacial score (nSPS) is 18.8. The van der Waals surface area contributed by atoms with Gasteiger partial charge in [-0.3, -0.25) is 4.68 Å². The predicted molar refractivity (Wildman–Crippen MR) is 66.3 cm³/mol. The minimum absolute atomic E-state index is 0.0840. The summed E-state index contributed by atoms with van der Waals surface area (Å²) in [5, 5.41) is 7.91. The maximum atomic E-state index is 4.39.